The molecule has 78 valence electrons. The van der Waals surface area contributed by atoms with E-state index >= 15 is 0 Å². The van der Waals surface area contributed by atoms with Crippen molar-refractivity contribution in [1.29, 1.82) is 0 Å². The highest BCUT2D eigenvalue weighted by Gasteiger charge is 2.16. The average molecular weight is 213 g/mol. The molecule has 0 spiro atoms. The molecule has 0 saturated carbocycles. The lowest BCUT2D eigenvalue weighted by Crippen LogP contribution is -2.01. The predicted octanol–water partition coefficient (Wildman–Crippen LogP) is 1.37. The van der Waals surface area contributed by atoms with Crippen molar-refractivity contribution in [2.24, 2.45) is 0 Å². The Morgan fingerprint density at radius 2 is 2.13 bits per heavy atom. The zero-order valence-electron chi connectivity index (χ0n) is 7.26. The summed E-state index contributed by atoms with van der Waals surface area (Å²) >= 11 is 0. The molecule has 2 aromatic rings. The van der Waals surface area contributed by atoms with Crippen LogP contribution in [0.2, 0.25) is 0 Å². The fourth-order valence-electron chi connectivity index (χ4n) is 1.18. The summed E-state index contributed by atoms with van der Waals surface area (Å²) in [5, 5.41) is 15.4. The largest absolute Gasteiger partial charge is 0.478 e. The van der Waals surface area contributed by atoms with E-state index in [1.807, 2.05) is 0 Å². The molecule has 0 aliphatic carbocycles. The van der Waals surface area contributed by atoms with E-state index in [1.165, 1.54) is 12.1 Å². The van der Waals surface area contributed by atoms with Crippen LogP contribution in [0.25, 0.3) is 5.65 Å². The summed E-state index contributed by atoms with van der Waals surface area (Å²) in [6.45, 7) is 0. The van der Waals surface area contributed by atoms with Crippen LogP contribution in [0, 0.1) is 0 Å². The second-order valence-electron chi connectivity index (χ2n) is 2.81. The Balaban J connectivity index is 2.66. The van der Waals surface area contributed by atoms with Crippen LogP contribution in [0.5, 0.6) is 0 Å². The molecular weight excluding hydrogens is 208 g/mol. The van der Waals surface area contributed by atoms with E-state index in [0.717, 1.165) is 10.6 Å². The third-order valence-corrected chi connectivity index (χ3v) is 1.87. The third kappa shape index (κ3) is 1.51. The Morgan fingerprint density at radius 3 is 2.73 bits per heavy atom. The minimum atomic E-state index is -2.79. The molecule has 7 heteroatoms. The lowest BCUT2D eigenvalue weighted by molar-refractivity contribution is 0.0696. The Hall–Kier alpha value is -2.05. The highest BCUT2D eigenvalue weighted by atomic mass is 19.3. The van der Waals surface area contributed by atoms with Gasteiger partial charge in [-0.1, -0.05) is 0 Å². The Bertz CT molecular complexity index is 524. The van der Waals surface area contributed by atoms with Gasteiger partial charge >= 0.3 is 5.97 Å². The first-order chi connectivity index (χ1) is 7.09. The summed E-state index contributed by atoms with van der Waals surface area (Å²) in [6, 6.07) is 2.60. The summed E-state index contributed by atoms with van der Waals surface area (Å²) < 4.78 is 25.8. The van der Waals surface area contributed by atoms with Gasteiger partial charge in [0.2, 0.25) is 5.82 Å². The summed E-state index contributed by atoms with van der Waals surface area (Å²) in [4.78, 5) is 10.6. The molecule has 0 aromatic carbocycles. The molecule has 0 radical (unpaired) electrons. The number of carboxylic acids is 1. The van der Waals surface area contributed by atoms with Crippen LogP contribution in [0.3, 0.4) is 0 Å². The van der Waals surface area contributed by atoms with Crippen LogP contribution in [0.4, 0.5) is 8.78 Å². The summed E-state index contributed by atoms with van der Waals surface area (Å²) in [5.74, 6) is -1.75. The fourth-order valence-corrected chi connectivity index (χ4v) is 1.18. The first-order valence-corrected chi connectivity index (χ1v) is 3.95. The van der Waals surface area contributed by atoms with Gasteiger partial charge in [-0.2, -0.15) is 0 Å². The number of carbonyl (C=O) groups is 1. The van der Waals surface area contributed by atoms with Gasteiger partial charge in [-0.3, -0.25) is 4.40 Å². The molecule has 0 aliphatic rings. The smallest absolute Gasteiger partial charge is 0.337 e. The van der Waals surface area contributed by atoms with E-state index in [4.69, 9.17) is 5.11 Å². The maximum atomic E-state index is 12.4. The normalized spacial score (nSPS) is 11.1. The number of alkyl halides is 2. The van der Waals surface area contributed by atoms with Gasteiger partial charge in [0, 0.05) is 6.20 Å². The molecule has 0 unspecified atom stereocenters. The summed E-state index contributed by atoms with van der Waals surface area (Å²) in [7, 11) is 0. The molecular formula is C8H5F2N3O2. The van der Waals surface area contributed by atoms with Crippen LogP contribution in [-0.4, -0.2) is 25.7 Å². The monoisotopic (exact) mass is 213 g/mol. The van der Waals surface area contributed by atoms with Gasteiger partial charge in [0.1, 0.15) is 0 Å². The number of fused-ring (bicyclic) bond motifs is 1. The SMILES string of the molecule is O=C(O)c1ccc2nnc(C(F)F)n2c1. The molecule has 0 bridgehead atoms. The van der Waals surface area contributed by atoms with Gasteiger partial charge in [-0.15, -0.1) is 10.2 Å². The maximum absolute atomic E-state index is 12.4. The van der Waals surface area contributed by atoms with Gasteiger partial charge in [-0.25, -0.2) is 13.6 Å². The van der Waals surface area contributed by atoms with E-state index in [-0.39, 0.29) is 11.2 Å². The van der Waals surface area contributed by atoms with Crippen molar-refractivity contribution in [3.63, 3.8) is 0 Å². The Morgan fingerprint density at radius 1 is 1.40 bits per heavy atom. The highest BCUT2D eigenvalue weighted by Crippen LogP contribution is 2.17. The number of hydrogen-bond donors (Lipinski definition) is 1. The first-order valence-electron chi connectivity index (χ1n) is 3.95. The van der Waals surface area contributed by atoms with Gasteiger partial charge in [-0.05, 0) is 12.1 Å². The Kier molecular flexibility index (Phi) is 2.07. The predicted molar refractivity (Wildman–Crippen MR) is 44.9 cm³/mol. The van der Waals surface area contributed by atoms with Crippen molar-refractivity contribution in [2.75, 3.05) is 0 Å². The molecule has 2 rings (SSSR count). The third-order valence-electron chi connectivity index (χ3n) is 1.87. The summed E-state index contributed by atoms with van der Waals surface area (Å²) in [5.41, 5.74) is 0.0968. The van der Waals surface area contributed by atoms with Gasteiger partial charge < -0.3 is 5.11 Å². The zero-order valence-corrected chi connectivity index (χ0v) is 7.26. The molecule has 5 nitrogen and oxygen atoms in total. The number of halogens is 2. The molecule has 0 saturated heterocycles. The number of aromatic nitrogens is 3. The number of carboxylic acid groups (broad SMARTS) is 1. The van der Waals surface area contributed by atoms with Crippen molar-refractivity contribution in [3.05, 3.63) is 29.7 Å². The quantitative estimate of drug-likeness (QED) is 0.817. The second kappa shape index (κ2) is 3.26. The number of nitrogens with zero attached hydrogens (tertiary/aromatic N) is 3. The van der Waals surface area contributed by atoms with Crippen molar-refractivity contribution in [1.82, 2.24) is 14.6 Å². The van der Waals surface area contributed by atoms with Gasteiger partial charge in [0.15, 0.2) is 5.65 Å². The van der Waals surface area contributed by atoms with Crippen LogP contribution in [0.15, 0.2) is 18.3 Å². The molecule has 2 aromatic heterocycles. The minimum absolute atomic E-state index is 0.0933. The number of hydrogen-bond acceptors (Lipinski definition) is 3. The molecule has 0 amide bonds. The molecule has 0 fully saturated rings. The Labute approximate surface area is 82.0 Å². The number of aromatic carboxylic acids is 1. The van der Waals surface area contributed by atoms with Gasteiger partial charge in [0.25, 0.3) is 6.43 Å². The van der Waals surface area contributed by atoms with E-state index in [1.54, 1.807) is 0 Å². The summed E-state index contributed by atoms with van der Waals surface area (Å²) in [6.07, 6.45) is -1.72. The minimum Gasteiger partial charge on any atom is -0.478 e. The highest BCUT2D eigenvalue weighted by molar-refractivity contribution is 5.87. The number of pyridine rings is 1. The maximum Gasteiger partial charge on any atom is 0.337 e. The van der Waals surface area contributed by atoms with E-state index in [9.17, 15) is 13.6 Å². The molecule has 1 N–H and O–H groups in total. The lowest BCUT2D eigenvalue weighted by Gasteiger charge is -1.99. The zero-order chi connectivity index (χ0) is 11.0. The first kappa shape index (κ1) is 9.50. The molecule has 0 aliphatic heterocycles. The standard InChI is InChI=1S/C8H5F2N3O2/c9-6(10)7-12-11-5-2-1-4(8(14)15)3-13(5)7/h1-3,6H,(H,14,15). The van der Waals surface area contributed by atoms with E-state index < -0.39 is 18.2 Å². The van der Waals surface area contributed by atoms with E-state index in [2.05, 4.69) is 10.2 Å². The van der Waals surface area contributed by atoms with Crippen LogP contribution in [0.1, 0.15) is 22.6 Å². The number of rotatable bonds is 2. The van der Waals surface area contributed by atoms with Crippen LogP contribution < -0.4 is 0 Å². The van der Waals surface area contributed by atoms with Crippen molar-refractivity contribution in [3.8, 4) is 0 Å². The second-order valence-corrected chi connectivity index (χ2v) is 2.81. The van der Waals surface area contributed by atoms with Crippen LogP contribution >= 0.6 is 0 Å². The van der Waals surface area contributed by atoms with Crippen molar-refractivity contribution in [2.45, 2.75) is 6.43 Å². The fraction of sp³-hybridized carbons (Fsp3) is 0.125. The molecule has 0 atom stereocenters. The lowest BCUT2D eigenvalue weighted by atomic mass is 10.3. The average Bonchev–Trinajstić information content (AvgIpc) is 2.59. The molecule has 2 heterocycles. The molecule has 15 heavy (non-hydrogen) atoms. The topological polar surface area (TPSA) is 67.5 Å². The van der Waals surface area contributed by atoms with Crippen LogP contribution in [-0.2, 0) is 0 Å². The van der Waals surface area contributed by atoms with Gasteiger partial charge in [0.05, 0.1) is 5.56 Å². The van der Waals surface area contributed by atoms with E-state index in [0.29, 0.717) is 0 Å². The van der Waals surface area contributed by atoms with Crippen molar-refractivity contribution >= 4 is 11.6 Å². The van der Waals surface area contributed by atoms with Crippen molar-refractivity contribution < 1.29 is 18.7 Å².